The number of nitrogens with one attached hydrogen (secondary N) is 2. The minimum atomic E-state index is -0.498. The van der Waals surface area contributed by atoms with Crippen LogP contribution in [0.5, 0.6) is 0 Å². The maximum Gasteiger partial charge on any atom is 0.144 e. The van der Waals surface area contributed by atoms with Gasteiger partial charge in [-0.15, -0.1) is 0 Å². The van der Waals surface area contributed by atoms with Crippen LogP contribution in [0.3, 0.4) is 0 Å². The summed E-state index contributed by atoms with van der Waals surface area (Å²) in [6.45, 7) is 1.53. The smallest absolute Gasteiger partial charge is 0.144 e. The molecule has 0 spiro atoms. The number of aromatic nitrogens is 2. The molecule has 1 aromatic heterocycles. The Labute approximate surface area is 166 Å². The fourth-order valence-electron chi connectivity index (χ4n) is 3.37. The normalized spacial score (nSPS) is 16.4. The molecule has 138 valence electrons. The third kappa shape index (κ3) is 4.00. The van der Waals surface area contributed by atoms with E-state index in [1.807, 2.05) is 24.3 Å². The molecular weight excluding hydrogens is 418 g/mol. The summed E-state index contributed by atoms with van der Waals surface area (Å²) in [4.78, 5) is 10.7. The first-order valence-electron chi connectivity index (χ1n) is 8.47. The van der Waals surface area contributed by atoms with E-state index in [0.717, 1.165) is 37.3 Å². The van der Waals surface area contributed by atoms with Gasteiger partial charge in [0.2, 0.25) is 0 Å². The minimum absolute atomic E-state index is 0.185. The number of nitrogens with zero attached hydrogens (tertiary/aromatic N) is 3. The van der Waals surface area contributed by atoms with Gasteiger partial charge in [0.1, 0.15) is 22.6 Å². The summed E-state index contributed by atoms with van der Waals surface area (Å²) in [6, 6.07) is 7.38. The van der Waals surface area contributed by atoms with Gasteiger partial charge in [-0.05, 0) is 52.4 Å². The Bertz CT molecular complexity index is 778. The van der Waals surface area contributed by atoms with Crippen molar-refractivity contribution in [1.82, 2.24) is 9.97 Å². The molecule has 0 amide bonds. The van der Waals surface area contributed by atoms with Crippen molar-refractivity contribution in [2.75, 3.05) is 30.4 Å². The first-order valence-corrected chi connectivity index (χ1v) is 9.64. The molecule has 1 saturated heterocycles. The second-order valence-corrected chi connectivity index (χ2v) is 7.54. The van der Waals surface area contributed by atoms with E-state index in [-0.39, 0.29) is 10.5 Å². The molecule has 1 aliphatic rings. The summed E-state index contributed by atoms with van der Waals surface area (Å²) in [5.41, 5.74) is 1.56. The molecule has 8 heteroatoms. The van der Waals surface area contributed by atoms with Crippen molar-refractivity contribution >= 4 is 43.8 Å². The predicted molar refractivity (Wildman–Crippen MR) is 109 cm³/mol. The van der Waals surface area contributed by atoms with Crippen LogP contribution >= 0.6 is 27.5 Å². The number of piperidine rings is 1. The lowest BCUT2D eigenvalue weighted by molar-refractivity contribution is 0.0929. The highest BCUT2D eigenvalue weighted by atomic mass is 79.9. The molecule has 1 atom stereocenters. The number of aliphatic hydroxyl groups is 1. The molecule has 6 nitrogen and oxygen atoms in total. The lowest BCUT2D eigenvalue weighted by Gasteiger charge is -2.35. The standard InChI is InChI=1S/C18H21BrClN5O/c1-22-17-14(16(19)21)18(24-10-23-17)25-8-6-12(7-9-25)15(26)11-2-4-13(20)5-3-11/h2-5,10,12,15,21,26H,6-9H2,1H3,(H,22,23,24). The summed E-state index contributed by atoms with van der Waals surface area (Å²) in [5.74, 6) is 1.55. The lowest BCUT2D eigenvalue weighted by atomic mass is 9.87. The fourth-order valence-corrected chi connectivity index (χ4v) is 3.86. The van der Waals surface area contributed by atoms with Gasteiger partial charge in [-0.25, -0.2) is 9.97 Å². The topological polar surface area (TPSA) is 85.1 Å². The van der Waals surface area contributed by atoms with Crippen LogP contribution in [0.2, 0.25) is 5.02 Å². The Morgan fingerprint density at radius 1 is 1.31 bits per heavy atom. The fraction of sp³-hybridized carbons (Fsp3) is 0.389. The molecule has 26 heavy (non-hydrogen) atoms. The number of halogens is 2. The van der Waals surface area contributed by atoms with Crippen molar-refractivity contribution in [2.24, 2.45) is 5.92 Å². The van der Waals surface area contributed by atoms with Gasteiger partial charge in [0.05, 0.1) is 11.7 Å². The lowest BCUT2D eigenvalue weighted by Crippen LogP contribution is -2.37. The second-order valence-electron chi connectivity index (χ2n) is 6.31. The van der Waals surface area contributed by atoms with Crippen molar-refractivity contribution in [3.8, 4) is 0 Å². The van der Waals surface area contributed by atoms with Gasteiger partial charge >= 0.3 is 0 Å². The second kappa shape index (κ2) is 8.33. The quantitative estimate of drug-likeness (QED) is 0.618. The minimum Gasteiger partial charge on any atom is -0.388 e. The summed E-state index contributed by atoms with van der Waals surface area (Å²) >= 11 is 9.18. The SMILES string of the molecule is CNc1ncnc(N2CCC(C(O)c3ccc(Cl)cc3)CC2)c1C(=N)Br. The van der Waals surface area contributed by atoms with E-state index in [9.17, 15) is 5.11 Å². The van der Waals surface area contributed by atoms with E-state index in [1.165, 1.54) is 6.33 Å². The Morgan fingerprint density at radius 3 is 2.54 bits per heavy atom. The van der Waals surface area contributed by atoms with E-state index in [4.69, 9.17) is 17.0 Å². The molecule has 1 aromatic carbocycles. The maximum atomic E-state index is 10.7. The Balaban J connectivity index is 1.73. The molecule has 3 N–H and O–H groups in total. The molecule has 1 fully saturated rings. The first-order chi connectivity index (χ1) is 12.5. The third-order valence-electron chi connectivity index (χ3n) is 4.78. The number of rotatable bonds is 5. The highest BCUT2D eigenvalue weighted by molar-refractivity contribution is 9.18. The average Bonchev–Trinajstić information content (AvgIpc) is 2.67. The van der Waals surface area contributed by atoms with Crippen LogP contribution in [-0.4, -0.2) is 39.8 Å². The zero-order valence-corrected chi connectivity index (χ0v) is 16.8. The molecule has 2 aromatic rings. The number of anilines is 2. The largest absolute Gasteiger partial charge is 0.388 e. The molecular formula is C18H21BrClN5O. The van der Waals surface area contributed by atoms with E-state index in [1.54, 1.807) is 7.05 Å². The van der Waals surface area contributed by atoms with Crippen LogP contribution < -0.4 is 10.2 Å². The average molecular weight is 439 g/mol. The highest BCUT2D eigenvalue weighted by Crippen LogP contribution is 2.34. The molecule has 0 bridgehead atoms. The highest BCUT2D eigenvalue weighted by Gasteiger charge is 2.29. The van der Waals surface area contributed by atoms with Crippen molar-refractivity contribution in [3.05, 3.63) is 46.7 Å². The van der Waals surface area contributed by atoms with Gasteiger partial charge in [0, 0.05) is 25.2 Å². The van der Waals surface area contributed by atoms with E-state index in [0.29, 0.717) is 16.4 Å². The zero-order valence-electron chi connectivity index (χ0n) is 14.4. The summed E-state index contributed by atoms with van der Waals surface area (Å²) in [5, 5.41) is 22.4. The Kier molecular flexibility index (Phi) is 6.11. The van der Waals surface area contributed by atoms with Gasteiger partial charge in [-0.2, -0.15) is 0 Å². The monoisotopic (exact) mass is 437 g/mol. The summed E-state index contributed by atoms with van der Waals surface area (Å²) in [7, 11) is 1.78. The Morgan fingerprint density at radius 2 is 1.96 bits per heavy atom. The van der Waals surface area contributed by atoms with Crippen LogP contribution in [0.15, 0.2) is 30.6 Å². The number of hydrogen-bond donors (Lipinski definition) is 3. The van der Waals surface area contributed by atoms with Crippen molar-refractivity contribution in [2.45, 2.75) is 18.9 Å². The molecule has 3 rings (SSSR count). The van der Waals surface area contributed by atoms with Gasteiger partial charge in [-0.3, -0.25) is 5.41 Å². The van der Waals surface area contributed by atoms with Crippen LogP contribution in [0.4, 0.5) is 11.6 Å². The van der Waals surface area contributed by atoms with E-state index in [2.05, 4.69) is 36.1 Å². The third-order valence-corrected chi connectivity index (χ3v) is 5.43. The molecule has 0 aliphatic carbocycles. The predicted octanol–water partition coefficient (Wildman–Crippen LogP) is 3.84. The molecule has 1 unspecified atom stereocenters. The van der Waals surface area contributed by atoms with Gasteiger partial charge < -0.3 is 15.3 Å². The van der Waals surface area contributed by atoms with Crippen molar-refractivity contribution < 1.29 is 5.11 Å². The summed E-state index contributed by atoms with van der Waals surface area (Å²) in [6.07, 6.45) is 2.70. The number of aliphatic hydroxyl groups excluding tert-OH is 1. The number of hydrogen-bond acceptors (Lipinski definition) is 6. The first kappa shape index (κ1) is 19.1. The van der Waals surface area contributed by atoms with E-state index >= 15 is 0 Å². The van der Waals surface area contributed by atoms with E-state index < -0.39 is 6.10 Å². The summed E-state index contributed by atoms with van der Waals surface area (Å²) < 4.78 is 0.251. The molecule has 0 radical (unpaired) electrons. The molecule has 2 heterocycles. The number of benzene rings is 1. The zero-order chi connectivity index (χ0) is 18.7. The van der Waals surface area contributed by atoms with Crippen molar-refractivity contribution in [3.63, 3.8) is 0 Å². The Hall–Kier alpha value is -1.70. The van der Waals surface area contributed by atoms with Crippen LogP contribution in [-0.2, 0) is 0 Å². The van der Waals surface area contributed by atoms with Crippen molar-refractivity contribution in [1.29, 1.82) is 5.41 Å². The van der Waals surface area contributed by atoms with Crippen LogP contribution in [0.25, 0.3) is 0 Å². The van der Waals surface area contributed by atoms with Crippen LogP contribution in [0, 0.1) is 11.3 Å². The molecule has 1 aliphatic heterocycles. The van der Waals surface area contributed by atoms with Gasteiger partial charge in [-0.1, -0.05) is 23.7 Å². The molecule has 0 saturated carbocycles. The van der Waals surface area contributed by atoms with Crippen LogP contribution in [0.1, 0.15) is 30.1 Å². The maximum absolute atomic E-state index is 10.7. The van der Waals surface area contributed by atoms with Gasteiger partial charge in [0.25, 0.3) is 0 Å². The van der Waals surface area contributed by atoms with Gasteiger partial charge in [0.15, 0.2) is 0 Å².